The Morgan fingerprint density at radius 3 is 2.39 bits per heavy atom. The first-order valence-electron chi connectivity index (χ1n) is 9.34. The number of carbonyl (C=O) groups is 2. The van der Waals surface area contributed by atoms with Crippen molar-refractivity contribution < 1.29 is 27.5 Å². The second-order valence-electron chi connectivity index (χ2n) is 6.68. The summed E-state index contributed by atoms with van der Waals surface area (Å²) in [6, 6.07) is 10.3. The summed E-state index contributed by atoms with van der Waals surface area (Å²) in [4.78, 5) is 24.8. The van der Waals surface area contributed by atoms with Gasteiger partial charge in [-0.2, -0.15) is 4.31 Å². The molecule has 1 heterocycles. The number of benzene rings is 2. The van der Waals surface area contributed by atoms with Crippen LogP contribution in [-0.4, -0.2) is 57.0 Å². The fourth-order valence-electron chi connectivity index (χ4n) is 2.83. The molecule has 8 nitrogen and oxygen atoms in total. The highest BCUT2D eigenvalue weighted by Gasteiger charge is 2.26. The summed E-state index contributed by atoms with van der Waals surface area (Å²) >= 11 is 11.9. The Morgan fingerprint density at radius 1 is 1.10 bits per heavy atom. The van der Waals surface area contributed by atoms with Gasteiger partial charge < -0.3 is 14.8 Å². The van der Waals surface area contributed by atoms with Gasteiger partial charge in [0.2, 0.25) is 10.0 Å². The maximum absolute atomic E-state index is 12.6. The fourth-order valence-corrected chi connectivity index (χ4v) is 4.61. The van der Waals surface area contributed by atoms with E-state index in [4.69, 9.17) is 32.7 Å². The molecule has 0 aliphatic carbocycles. The second kappa shape index (κ2) is 9.97. The van der Waals surface area contributed by atoms with E-state index in [9.17, 15) is 18.0 Å². The van der Waals surface area contributed by atoms with Crippen LogP contribution in [0.25, 0.3) is 0 Å². The monoisotopic (exact) mass is 486 g/mol. The number of hydrogen-bond donors (Lipinski definition) is 1. The number of nitrogens with one attached hydrogen (secondary N) is 1. The molecule has 3 rings (SSSR count). The Morgan fingerprint density at radius 2 is 1.74 bits per heavy atom. The van der Waals surface area contributed by atoms with Crippen molar-refractivity contribution in [1.82, 2.24) is 4.31 Å². The van der Waals surface area contributed by atoms with Crippen LogP contribution in [-0.2, 0) is 24.3 Å². The van der Waals surface area contributed by atoms with Crippen LogP contribution in [0.5, 0.6) is 0 Å². The van der Waals surface area contributed by atoms with Crippen LogP contribution in [0.3, 0.4) is 0 Å². The van der Waals surface area contributed by atoms with Gasteiger partial charge in [0, 0.05) is 18.8 Å². The second-order valence-corrected chi connectivity index (χ2v) is 9.40. The van der Waals surface area contributed by atoms with Gasteiger partial charge in [-0.3, -0.25) is 4.79 Å². The number of hydrogen-bond acceptors (Lipinski definition) is 6. The Kier molecular flexibility index (Phi) is 7.55. The molecular weight excluding hydrogens is 467 g/mol. The number of carbonyl (C=O) groups excluding carboxylic acids is 2. The van der Waals surface area contributed by atoms with Crippen LogP contribution in [0.2, 0.25) is 10.0 Å². The molecule has 1 saturated heterocycles. The molecule has 1 unspecified atom stereocenters. The lowest BCUT2D eigenvalue weighted by molar-refractivity contribution is -0.123. The van der Waals surface area contributed by atoms with Crippen molar-refractivity contribution in [2.24, 2.45) is 0 Å². The molecule has 1 fully saturated rings. The van der Waals surface area contributed by atoms with Crippen LogP contribution in [0, 0.1) is 0 Å². The third-order valence-electron chi connectivity index (χ3n) is 4.55. The molecule has 1 aliphatic heterocycles. The molecule has 0 saturated carbocycles. The van der Waals surface area contributed by atoms with Crippen LogP contribution < -0.4 is 5.32 Å². The largest absolute Gasteiger partial charge is 0.449 e. The number of amides is 1. The van der Waals surface area contributed by atoms with Crippen LogP contribution >= 0.6 is 23.2 Å². The molecule has 166 valence electrons. The van der Waals surface area contributed by atoms with Crippen molar-refractivity contribution in [1.29, 1.82) is 0 Å². The summed E-state index contributed by atoms with van der Waals surface area (Å²) in [5, 5.41) is 2.81. The van der Waals surface area contributed by atoms with Crippen molar-refractivity contribution in [2.45, 2.75) is 17.9 Å². The maximum Gasteiger partial charge on any atom is 0.340 e. The van der Waals surface area contributed by atoms with E-state index in [0.717, 1.165) is 0 Å². The first-order chi connectivity index (χ1) is 14.7. The first-order valence-corrected chi connectivity index (χ1v) is 11.5. The molecule has 0 spiro atoms. The van der Waals surface area contributed by atoms with Gasteiger partial charge in [0.25, 0.3) is 5.91 Å². The summed E-state index contributed by atoms with van der Waals surface area (Å²) in [5.41, 5.74) is 0.404. The highest BCUT2D eigenvalue weighted by molar-refractivity contribution is 7.89. The van der Waals surface area contributed by atoms with Crippen molar-refractivity contribution in [3.05, 3.63) is 58.1 Å². The van der Waals surface area contributed by atoms with Gasteiger partial charge in [-0.25, -0.2) is 13.2 Å². The lowest BCUT2D eigenvalue weighted by atomic mass is 10.2. The average molecular weight is 487 g/mol. The predicted octanol–water partition coefficient (Wildman–Crippen LogP) is 3.20. The number of esters is 1. The lowest BCUT2D eigenvalue weighted by Gasteiger charge is -2.26. The van der Waals surface area contributed by atoms with E-state index >= 15 is 0 Å². The van der Waals surface area contributed by atoms with Crippen LogP contribution in [0.4, 0.5) is 5.69 Å². The van der Waals surface area contributed by atoms with E-state index in [1.54, 1.807) is 6.07 Å². The number of morpholine rings is 1. The molecule has 31 heavy (non-hydrogen) atoms. The molecule has 0 aromatic heterocycles. The smallest absolute Gasteiger partial charge is 0.340 e. The average Bonchev–Trinajstić information content (AvgIpc) is 2.76. The van der Waals surface area contributed by atoms with Crippen LogP contribution in [0.1, 0.15) is 17.3 Å². The van der Waals surface area contributed by atoms with E-state index < -0.39 is 28.0 Å². The van der Waals surface area contributed by atoms with Gasteiger partial charge in [-0.05, 0) is 43.3 Å². The van der Waals surface area contributed by atoms with Gasteiger partial charge in [0.1, 0.15) is 0 Å². The van der Waals surface area contributed by atoms with Crippen LogP contribution in [0.15, 0.2) is 47.4 Å². The molecule has 2 aromatic rings. The number of anilines is 1. The molecular formula is C20H20Cl2N2O6S. The first kappa shape index (κ1) is 23.5. The zero-order valence-corrected chi connectivity index (χ0v) is 18.8. The van der Waals surface area contributed by atoms with Crippen molar-refractivity contribution in [3.63, 3.8) is 0 Å². The van der Waals surface area contributed by atoms with Gasteiger partial charge in [-0.1, -0.05) is 29.3 Å². The number of halogens is 2. The molecule has 0 radical (unpaired) electrons. The standard InChI is InChI=1S/C20H20Cl2N2O6S/c1-13(30-20(26)16-3-2-4-17(21)18(16)22)19(25)23-14-5-7-15(8-6-14)31(27,28)24-9-11-29-12-10-24/h2-8,13H,9-12H2,1H3,(H,23,25). The predicted molar refractivity (Wildman–Crippen MR) is 116 cm³/mol. The van der Waals surface area contributed by atoms with Crippen molar-refractivity contribution in [3.8, 4) is 0 Å². The third kappa shape index (κ3) is 5.55. The van der Waals surface area contributed by atoms with Gasteiger partial charge in [0.15, 0.2) is 6.10 Å². The Balaban J connectivity index is 1.62. The molecule has 0 bridgehead atoms. The van der Waals surface area contributed by atoms with Crippen molar-refractivity contribution in [2.75, 3.05) is 31.6 Å². The minimum Gasteiger partial charge on any atom is -0.449 e. The summed E-state index contributed by atoms with van der Waals surface area (Å²) in [6.07, 6.45) is -1.13. The lowest BCUT2D eigenvalue weighted by Crippen LogP contribution is -2.40. The van der Waals surface area contributed by atoms with Crippen molar-refractivity contribution >= 4 is 50.8 Å². The van der Waals surface area contributed by atoms with E-state index in [1.807, 2.05) is 0 Å². The highest BCUT2D eigenvalue weighted by Crippen LogP contribution is 2.26. The summed E-state index contributed by atoms with van der Waals surface area (Å²) in [5.74, 6) is -1.38. The van der Waals surface area contributed by atoms with E-state index in [-0.39, 0.29) is 20.5 Å². The Bertz CT molecular complexity index is 1070. The molecule has 1 N–H and O–H groups in total. The van der Waals surface area contributed by atoms with E-state index in [2.05, 4.69) is 5.32 Å². The SMILES string of the molecule is CC(OC(=O)c1cccc(Cl)c1Cl)C(=O)Nc1ccc(S(=O)(=O)N2CCOCC2)cc1. The summed E-state index contributed by atoms with van der Waals surface area (Å²) < 4.78 is 37.0. The minimum atomic E-state index is -3.63. The fraction of sp³-hybridized carbons (Fsp3) is 0.300. The minimum absolute atomic E-state index is 0.0406. The summed E-state index contributed by atoms with van der Waals surface area (Å²) in [6.45, 7) is 2.69. The topological polar surface area (TPSA) is 102 Å². The van der Waals surface area contributed by atoms with Gasteiger partial charge >= 0.3 is 5.97 Å². The zero-order chi connectivity index (χ0) is 22.6. The maximum atomic E-state index is 12.6. The normalized spacial score (nSPS) is 15.8. The molecule has 1 aliphatic rings. The molecule has 11 heteroatoms. The Labute approximate surface area is 190 Å². The number of nitrogens with zero attached hydrogens (tertiary/aromatic N) is 1. The van der Waals surface area contributed by atoms with Gasteiger partial charge in [-0.15, -0.1) is 0 Å². The Hall–Kier alpha value is -2.17. The van der Waals surface area contributed by atoms with Gasteiger partial charge in [0.05, 0.1) is 33.7 Å². The number of ether oxygens (including phenoxy) is 2. The third-order valence-corrected chi connectivity index (χ3v) is 7.29. The van der Waals surface area contributed by atoms with E-state index in [0.29, 0.717) is 32.0 Å². The van der Waals surface area contributed by atoms with E-state index in [1.165, 1.54) is 47.6 Å². The number of rotatable bonds is 6. The number of sulfonamides is 1. The zero-order valence-electron chi connectivity index (χ0n) is 16.5. The molecule has 2 aromatic carbocycles. The quantitative estimate of drug-likeness (QED) is 0.628. The molecule has 1 amide bonds. The highest BCUT2D eigenvalue weighted by atomic mass is 35.5. The molecule has 1 atom stereocenters. The summed E-state index contributed by atoms with van der Waals surface area (Å²) in [7, 11) is -3.63.